The average molecular weight is 316 g/mol. The Hall–Kier alpha value is -1.26. The van der Waals surface area contributed by atoms with Crippen LogP contribution in [0.1, 0.15) is 31.2 Å². The highest BCUT2D eigenvalue weighted by atomic mass is 35.5. The molecule has 1 aromatic carbocycles. The van der Waals surface area contributed by atoms with Gasteiger partial charge in [-0.25, -0.2) is 0 Å². The first-order valence-corrected chi connectivity index (χ1v) is 7.07. The summed E-state index contributed by atoms with van der Waals surface area (Å²) in [5.74, 6) is -1.47. The molecule has 1 aromatic rings. The Morgan fingerprint density at radius 1 is 1.35 bits per heavy atom. The van der Waals surface area contributed by atoms with Gasteiger partial charge in [0, 0.05) is 6.54 Å². The van der Waals surface area contributed by atoms with E-state index in [1.807, 2.05) is 0 Å². The zero-order chi connectivity index (χ0) is 14.9. The fraction of sp³-hybridized carbons (Fsp3) is 0.429. The molecule has 0 aliphatic heterocycles. The molecule has 1 aliphatic carbocycles. The van der Waals surface area contributed by atoms with Gasteiger partial charge >= 0.3 is 5.97 Å². The van der Waals surface area contributed by atoms with Crippen molar-refractivity contribution in [3.05, 3.63) is 33.8 Å². The molecule has 1 atom stereocenters. The van der Waals surface area contributed by atoms with Crippen molar-refractivity contribution in [3.63, 3.8) is 0 Å². The van der Waals surface area contributed by atoms with E-state index in [1.54, 1.807) is 25.1 Å². The number of carboxylic acid groups (broad SMARTS) is 1. The largest absolute Gasteiger partial charge is 0.481 e. The summed E-state index contributed by atoms with van der Waals surface area (Å²) in [5, 5.41) is 12.6. The monoisotopic (exact) mass is 315 g/mol. The van der Waals surface area contributed by atoms with E-state index in [1.165, 1.54) is 0 Å². The number of hydrogen-bond acceptors (Lipinski definition) is 2. The zero-order valence-corrected chi connectivity index (χ0v) is 12.5. The number of carbonyl (C=O) groups excluding carboxylic acids is 1. The third kappa shape index (κ3) is 3.07. The maximum Gasteiger partial charge on any atom is 0.311 e. The molecule has 20 heavy (non-hydrogen) atoms. The van der Waals surface area contributed by atoms with Gasteiger partial charge in [-0.2, -0.15) is 0 Å². The topological polar surface area (TPSA) is 66.4 Å². The Bertz CT molecular complexity index is 555. The second kappa shape index (κ2) is 5.62. The van der Waals surface area contributed by atoms with Crippen LogP contribution in [-0.2, 0) is 9.59 Å². The van der Waals surface area contributed by atoms with Gasteiger partial charge in [0.25, 0.3) is 0 Å². The number of carboxylic acids is 1. The number of carbonyl (C=O) groups is 2. The molecule has 0 heterocycles. The summed E-state index contributed by atoms with van der Waals surface area (Å²) in [5.41, 5.74) is -0.00963. The zero-order valence-electron chi connectivity index (χ0n) is 11.0. The Labute approximate surface area is 127 Å². The van der Waals surface area contributed by atoms with Crippen LogP contribution in [-0.4, -0.2) is 23.5 Å². The molecule has 0 radical (unpaired) electrons. The fourth-order valence-electron chi connectivity index (χ4n) is 1.96. The standard InChI is InChI=1S/C14H15Cl2NO3/c1-8(9-2-3-10(15)11(16)6-9)12(18)17-7-14(4-5-14)13(19)20/h2-3,6,8H,4-5,7H2,1H3,(H,17,18)(H,19,20). The molecule has 0 aromatic heterocycles. The van der Waals surface area contributed by atoms with Gasteiger partial charge in [0.05, 0.1) is 21.4 Å². The van der Waals surface area contributed by atoms with Crippen LogP contribution in [0.4, 0.5) is 0 Å². The van der Waals surface area contributed by atoms with Gasteiger partial charge in [-0.3, -0.25) is 9.59 Å². The van der Waals surface area contributed by atoms with E-state index in [0.717, 1.165) is 5.56 Å². The minimum absolute atomic E-state index is 0.173. The van der Waals surface area contributed by atoms with Gasteiger partial charge in [0.2, 0.25) is 5.91 Å². The van der Waals surface area contributed by atoms with Gasteiger partial charge < -0.3 is 10.4 Å². The van der Waals surface area contributed by atoms with Crippen molar-refractivity contribution in [1.82, 2.24) is 5.32 Å². The normalized spacial score (nSPS) is 17.4. The van der Waals surface area contributed by atoms with Crippen LogP contribution in [0.3, 0.4) is 0 Å². The molecule has 1 unspecified atom stereocenters. The SMILES string of the molecule is CC(C(=O)NCC1(C(=O)O)CC1)c1ccc(Cl)c(Cl)c1. The lowest BCUT2D eigenvalue weighted by atomic mass is 10.00. The molecule has 6 heteroatoms. The Morgan fingerprint density at radius 2 is 2.00 bits per heavy atom. The first-order chi connectivity index (χ1) is 9.35. The minimum atomic E-state index is -0.847. The van der Waals surface area contributed by atoms with Crippen LogP contribution in [0.5, 0.6) is 0 Å². The van der Waals surface area contributed by atoms with Gasteiger partial charge in [-0.05, 0) is 37.5 Å². The number of nitrogens with one attached hydrogen (secondary N) is 1. The second-order valence-electron chi connectivity index (χ2n) is 5.20. The quantitative estimate of drug-likeness (QED) is 0.877. The third-order valence-electron chi connectivity index (χ3n) is 3.75. The summed E-state index contributed by atoms with van der Waals surface area (Å²) in [6.45, 7) is 1.92. The highest BCUT2D eigenvalue weighted by Crippen LogP contribution is 2.45. The highest BCUT2D eigenvalue weighted by molar-refractivity contribution is 6.42. The molecule has 2 N–H and O–H groups in total. The van der Waals surface area contributed by atoms with Crippen LogP contribution in [0, 0.1) is 5.41 Å². The first kappa shape index (κ1) is 15.1. The lowest BCUT2D eigenvalue weighted by Crippen LogP contribution is -2.36. The molecule has 1 amide bonds. The van der Waals surface area contributed by atoms with Crippen molar-refractivity contribution in [2.75, 3.05) is 6.54 Å². The summed E-state index contributed by atoms with van der Waals surface area (Å²) in [6.07, 6.45) is 1.23. The summed E-state index contributed by atoms with van der Waals surface area (Å²) in [6, 6.07) is 5.03. The maximum atomic E-state index is 12.1. The molecule has 1 saturated carbocycles. The molecule has 4 nitrogen and oxygen atoms in total. The van der Waals surface area contributed by atoms with E-state index in [9.17, 15) is 9.59 Å². The molecule has 2 rings (SSSR count). The highest BCUT2D eigenvalue weighted by Gasteiger charge is 2.50. The van der Waals surface area contributed by atoms with Crippen molar-refractivity contribution in [2.45, 2.75) is 25.7 Å². The third-order valence-corrected chi connectivity index (χ3v) is 4.48. The van der Waals surface area contributed by atoms with Crippen molar-refractivity contribution < 1.29 is 14.7 Å². The number of rotatable bonds is 5. The lowest BCUT2D eigenvalue weighted by molar-refractivity contribution is -0.143. The molecular weight excluding hydrogens is 301 g/mol. The van der Waals surface area contributed by atoms with Crippen LogP contribution < -0.4 is 5.32 Å². The van der Waals surface area contributed by atoms with Crippen LogP contribution in [0.25, 0.3) is 0 Å². The molecule has 0 saturated heterocycles. The summed E-state index contributed by atoms with van der Waals surface area (Å²) in [7, 11) is 0. The number of aliphatic carboxylic acids is 1. The van der Waals surface area contributed by atoms with Gasteiger partial charge in [0.15, 0.2) is 0 Å². The second-order valence-corrected chi connectivity index (χ2v) is 6.01. The van der Waals surface area contributed by atoms with Gasteiger partial charge in [-0.15, -0.1) is 0 Å². The lowest BCUT2D eigenvalue weighted by Gasteiger charge is -2.16. The van der Waals surface area contributed by atoms with Crippen molar-refractivity contribution in [1.29, 1.82) is 0 Å². The first-order valence-electron chi connectivity index (χ1n) is 6.32. The summed E-state index contributed by atoms with van der Waals surface area (Å²) in [4.78, 5) is 23.1. The van der Waals surface area contributed by atoms with Crippen LogP contribution >= 0.6 is 23.2 Å². The predicted molar refractivity (Wildman–Crippen MR) is 77.2 cm³/mol. The number of amides is 1. The van der Waals surface area contributed by atoms with E-state index in [0.29, 0.717) is 22.9 Å². The molecule has 0 spiro atoms. The average Bonchev–Trinajstić information content (AvgIpc) is 3.19. The van der Waals surface area contributed by atoms with E-state index in [4.69, 9.17) is 28.3 Å². The predicted octanol–water partition coefficient (Wildman–Crippen LogP) is 3.08. The van der Waals surface area contributed by atoms with Crippen molar-refractivity contribution in [3.8, 4) is 0 Å². The van der Waals surface area contributed by atoms with Gasteiger partial charge in [0.1, 0.15) is 0 Å². The van der Waals surface area contributed by atoms with E-state index in [2.05, 4.69) is 5.32 Å². The smallest absolute Gasteiger partial charge is 0.311 e. The molecule has 108 valence electrons. The molecule has 1 fully saturated rings. The molecule has 0 bridgehead atoms. The van der Waals surface area contributed by atoms with E-state index in [-0.39, 0.29) is 12.5 Å². The number of benzene rings is 1. The number of halogens is 2. The van der Waals surface area contributed by atoms with E-state index < -0.39 is 17.3 Å². The van der Waals surface area contributed by atoms with Crippen LogP contribution in [0.2, 0.25) is 10.0 Å². The number of hydrogen-bond donors (Lipinski definition) is 2. The maximum absolute atomic E-state index is 12.1. The fourth-order valence-corrected chi connectivity index (χ4v) is 2.27. The van der Waals surface area contributed by atoms with Gasteiger partial charge in [-0.1, -0.05) is 29.3 Å². The minimum Gasteiger partial charge on any atom is -0.481 e. The molecular formula is C14H15Cl2NO3. The summed E-state index contributed by atoms with van der Waals surface area (Å²) < 4.78 is 0. The Morgan fingerprint density at radius 3 is 2.50 bits per heavy atom. The van der Waals surface area contributed by atoms with Crippen molar-refractivity contribution >= 4 is 35.1 Å². The van der Waals surface area contributed by atoms with Crippen LogP contribution in [0.15, 0.2) is 18.2 Å². The van der Waals surface area contributed by atoms with Crippen molar-refractivity contribution in [2.24, 2.45) is 5.41 Å². The Balaban J connectivity index is 1.98. The molecule has 1 aliphatic rings. The van der Waals surface area contributed by atoms with E-state index >= 15 is 0 Å². The Kier molecular flexibility index (Phi) is 4.25. The summed E-state index contributed by atoms with van der Waals surface area (Å²) >= 11 is 11.8.